The number of carbonyl (C=O) groups excluding carboxylic acids is 1. The minimum Gasteiger partial charge on any atom is -0.497 e. The zero-order chi connectivity index (χ0) is 20.9. The molecule has 0 fully saturated rings. The van der Waals surface area contributed by atoms with Crippen LogP contribution in [0.25, 0.3) is 0 Å². The molecule has 0 bridgehead atoms. The van der Waals surface area contributed by atoms with Gasteiger partial charge in [0.1, 0.15) is 17.2 Å². The van der Waals surface area contributed by atoms with E-state index in [-0.39, 0.29) is 17.7 Å². The standard InChI is InChI=1S/C20H25NO6S/c1-14(2)21(13-15-6-8-16(9-7-15)27-28(5,23)24)20(22)18-11-10-17(25-3)12-19(18)26-4/h6-12,14H,13H2,1-5H3. The van der Waals surface area contributed by atoms with Gasteiger partial charge in [0.05, 0.1) is 26.0 Å². The van der Waals surface area contributed by atoms with E-state index in [0.717, 1.165) is 11.8 Å². The molecule has 0 saturated carbocycles. The number of amides is 1. The summed E-state index contributed by atoms with van der Waals surface area (Å²) in [5, 5.41) is 0. The SMILES string of the molecule is COc1ccc(C(=O)N(Cc2ccc(OS(C)(=O)=O)cc2)C(C)C)c(OC)c1. The molecular weight excluding hydrogens is 382 g/mol. The summed E-state index contributed by atoms with van der Waals surface area (Å²) in [6, 6.07) is 11.6. The Morgan fingerprint density at radius 2 is 1.61 bits per heavy atom. The van der Waals surface area contributed by atoms with Crippen LogP contribution in [-0.4, -0.2) is 45.7 Å². The maximum absolute atomic E-state index is 13.1. The van der Waals surface area contributed by atoms with Gasteiger partial charge in [0, 0.05) is 18.7 Å². The van der Waals surface area contributed by atoms with Crippen molar-refractivity contribution in [3.05, 3.63) is 53.6 Å². The molecule has 0 aromatic heterocycles. The minimum atomic E-state index is -3.58. The smallest absolute Gasteiger partial charge is 0.306 e. The lowest BCUT2D eigenvalue weighted by atomic mass is 10.1. The van der Waals surface area contributed by atoms with Crippen molar-refractivity contribution in [2.45, 2.75) is 26.4 Å². The van der Waals surface area contributed by atoms with Crippen LogP contribution in [0.15, 0.2) is 42.5 Å². The summed E-state index contributed by atoms with van der Waals surface area (Å²) >= 11 is 0. The van der Waals surface area contributed by atoms with Crippen LogP contribution in [0.5, 0.6) is 17.2 Å². The second kappa shape index (κ2) is 8.97. The Kier molecular flexibility index (Phi) is 6.90. The summed E-state index contributed by atoms with van der Waals surface area (Å²) in [6.07, 6.45) is 0.988. The molecule has 0 saturated heterocycles. The highest BCUT2D eigenvalue weighted by atomic mass is 32.2. The maximum Gasteiger partial charge on any atom is 0.306 e. The summed E-state index contributed by atoms with van der Waals surface area (Å²) in [5.41, 5.74) is 1.28. The summed E-state index contributed by atoms with van der Waals surface area (Å²) in [6.45, 7) is 4.20. The zero-order valence-electron chi connectivity index (χ0n) is 16.6. The Morgan fingerprint density at radius 1 is 1.00 bits per heavy atom. The molecule has 0 radical (unpaired) electrons. The first-order valence-corrected chi connectivity index (χ1v) is 10.5. The normalized spacial score (nSPS) is 11.2. The van der Waals surface area contributed by atoms with Gasteiger partial charge in [0.25, 0.3) is 5.91 Å². The molecule has 0 unspecified atom stereocenters. The van der Waals surface area contributed by atoms with Gasteiger partial charge in [-0.15, -0.1) is 0 Å². The highest BCUT2D eigenvalue weighted by Crippen LogP contribution is 2.27. The summed E-state index contributed by atoms with van der Waals surface area (Å²) in [5.74, 6) is 1.09. The van der Waals surface area contributed by atoms with Gasteiger partial charge in [-0.05, 0) is 43.7 Å². The molecule has 0 heterocycles. The average Bonchev–Trinajstić information content (AvgIpc) is 2.64. The maximum atomic E-state index is 13.1. The molecule has 0 atom stereocenters. The van der Waals surface area contributed by atoms with Crippen LogP contribution in [0.4, 0.5) is 0 Å². The third kappa shape index (κ3) is 5.63. The third-order valence-electron chi connectivity index (χ3n) is 4.05. The highest BCUT2D eigenvalue weighted by molar-refractivity contribution is 7.86. The molecule has 7 nitrogen and oxygen atoms in total. The number of methoxy groups -OCH3 is 2. The molecule has 0 spiro atoms. The Bertz CT molecular complexity index is 922. The molecule has 2 aromatic rings. The summed E-state index contributed by atoms with van der Waals surface area (Å²) in [7, 11) is -0.523. The Balaban J connectivity index is 2.25. The van der Waals surface area contributed by atoms with Crippen LogP contribution in [0.1, 0.15) is 29.8 Å². The number of carbonyl (C=O) groups is 1. The number of hydrogen-bond donors (Lipinski definition) is 0. The molecular formula is C20H25NO6S. The van der Waals surface area contributed by atoms with E-state index in [4.69, 9.17) is 13.7 Å². The number of benzene rings is 2. The first-order valence-electron chi connectivity index (χ1n) is 8.66. The van der Waals surface area contributed by atoms with Crippen molar-refractivity contribution in [3.8, 4) is 17.2 Å². The van der Waals surface area contributed by atoms with E-state index in [2.05, 4.69) is 0 Å². The van der Waals surface area contributed by atoms with Crippen LogP contribution in [-0.2, 0) is 16.7 Å². The first kappa shape index (κ1) is 21.6. The van der Waals surface area contributed by atoms with Crippen LogP contribution in [0.3, 0.4) is 0 Å². The second-order valence-corrected chi connectivity index (χ2v) is 8.10. The Hall–Kier alpha value is -2.74. The molecule has 0 aliphatic heterocycles. The van der Waals surface area contributed by atoms with Crippen molar-refractivity contribution in [2.24, 2.45) is 0 Å². The first-order chi connectivity index (χ1) is 13.1. The molecule has 2 aromatic carbocycles. The number of hydrogen-bond acceptors (Lipinski definition) is 6. The Morgan fingerprint density at radius 3 is 2.11 bits per heavy atom. The topological polar surface area (TPSA) is 82.1 Å². The van der Waals surface area contributed by atoms with E-state index >= 15 is 0 Å². The lowest BCUT2D eigenvalue weighted by molar-refractivity contribution is 0.0687. The fourth-order valence-corrected chi connectivity index (χ4v) is 3.10. The molecule has 28 heavy (non-hydrogen) atoms. The van der Waals surface area contributed by atoms with E-state index in [1.807, 2.05) is 13.8 Å². The monoisotopic (exact) mass is 407 g/mol. The molecule has 0 aliphatic rings. The molecule has 8 heteroatoms. The predicted octanol–water partition coefficient (Wildman–Crippen LogP) is 3.09. The molecule has 0 N–H and O–H groups in total. The minimum absolute atomic E-state index is 0.0637. The summed E-state index contributed by atoms with van der Waals surface area (Å²) in [4.78, 5) is 14.8. The number of rotatable bonds is 8. The third-order valence-corrected chi connectivity index (χ3v) is 4.54. The highest BCUT2D eigenvalue weighted by Gasteiger charge is 2.23. The lowest BCUT2D eigenvalue weighted by Gasteiger charge is -2.27. The van der Waals surface area contributed by atoms with Crippen molar-refractivity contribution >= 4 is 16.0 Å². The lowest BCUT2D eigenvalue weighted by Crippen LogP contribution is -2.36. The predicted molar refractivity (Wildman–Crippen MR) is 106 cm³/mol. The van der Waals surface area contributed by atoms with Gasteiger partial charge in [-0.25, -0.2) is 0 Å². The van der Waals surface area contributed by atoms with Gasteiger partial charge in [-0.2, -0.15) is 8.42 Å². The van der Waals surface area contributed by atoms with Crippen LogP contribution in [0.2, 0.25) is 0 Å². The largest absolute Gasteiger partial charge is 0.497 e. The van der Waals surface area contributed by atoms with E-state index < -0.39 is 10.1 Å². The van der Waals surface area contributed by atoms with E-state index in [9.17, 15) is 13.2 Å². The van der Waals surface area contributed by atoms with Crippen molar-refractivity contribution in [1.82, 2.24) is 4.90 Å². The zero-order valence-corrected chi connectivity index (χ0v) is 17.4. The van der Waals surface area contributed by atoms with Gasteiger partial charge in [0.15, 0.2) is 0 Å². The fourth-order valence-electron chi connectivity index (χ4n) is 2.64. The van der Waals surface area contributed by atoms with Crippen molar-refractivity contribution in [1.29, 1.82) is 0 Å². The van der Waals surface area contributed by atoms with E-state index in [0.29, 0.717) is 23.6 Å². The fraction of sp³-hybridized carbons (Fsp3) is 0.350. The van der Waals surface area contributed by atoms with Crippen LogP contribution >= 0.6 is 0 Å². The molecule has 0 aliphatic carbocycles. The number of ether oxygens (including phenoxy) is 2. The molecule has 1 amide bonds. The molecule has 2 rings (SSSR count). The average molecular weight is 407 g/mol. The Labute approximate surface area is 166 Å². The van der Waals surface area contributed by atoms with Crippen LogP contribution < -0.4 is 13.7 Å². The quantitative estimate of drug-likeness (QED) is 0.626. The molecule has 152 valence electrons. The van der Waals surface area contributed by atoms with Gasteiger partial charge in [0.2, 0.25) is 0 Å². The second-order valence-electron chi connectivity index (χ2n) is 6.52. The van der Waals surface area contributed by atoms with E-state index in [1.54, 1.807) is 54.5 Å². The summed E-state index contributed by atoms with van der Waals surface area (Å²) < 4.78 is 37.8. The van der Waals surface area contributed by atoms with Gasteiger partial charge in [-0.1, -0.05) is 12.1 Å². The van der Waals surface area contributed by atoms with Gasteiger partial charge < -0.3 is 18.6 Å². The number of nitrogens with zero attached hydrogens (tertiary/aromatic N) is 1. The van der Waals surface area contributed by atoms with E-state index in [1.165, 1.54) is 7.11 Å². The van der Waals surface area contributed by atoms with Crippen LogP contribution in [0, 0.1) is 0 Å². The van der Waals surface area contributed by atoms with Crippen molar-refractivity contribution < 1.29 is 26.9 Å². The van der Waals surface area contributed by atoms with Gasteiger partial charge >= 0.3 is 10.1 Å². The van der Waals surface area contributed by atoms with Gasteiger partial charge in [-0.3, -0.25) is 4.79 Å². The van der Waals surface area contributed by atoms with Crippen molar-refractivity contribution in [3.63, 3.8) is 0 Å². The van der Waals surface area contributed by atoms with Crippen molar-refractivity contribution in [2.75, 3.05) is 20.5 Å².